The molecule has 2 aromatic rings. The predicted molar refractivity (Wildman–Crippen MR) is 117 cm³/mol. The van der Waals surface area contributed by atoms with E-state index in [1.165, 1.54) is 28.6 Å². The summed E-state index contributed by atoms with van der Waals surface area (Å²) in [6.07, 6.45) is 0. The van der Waals surface area contributed by atoms with Gasteiger partial charge in [-0.25, -0.2) is 8.42 Å². The molecule has 0 aromatic heterocycles. The van der Waals surface area contributed by atoms with Crippen molar-refractivity contribution in [3.8, 4) is 0 Å². The smallest absolute Gasteiger partial charge is 0.288 e. The van der Waals surface area contributed by atoms with E-state index < -0.39 is 25.6 Å². The Kier molecular flexibility index (Phi) is 7.03. The van der Waals surface area contributed by atoms with Crippen molar-refractivity contribution in [3.63, 3.8) is 0 Å². The third-order valence-electron chi connectivity index (χ3n) is 4.67. The van der Waals surface area contributed by atoms with Crippen LogP contribution in [0.3, 0.4) is 0 Å². The highest BCUT2D eigenvalue weighted by Gasteiger charge is 2.30. The van der Waals surface area contributed by atoms with E-state index in [0.717, 1.165) is 12.1 Å². The molecule has 0 radical (unpaired) electrons. The number of nitro benzene ring substituents is 2. The monoisotopic (exact) mass is 483 g/mol. The number of hydrogen-bond acceptors (Lipinski definition) is 9. The summed E-state index contributed by atoms with van der Waals surface area (Å²) in [6, 6.07) is 7.48. The molecule has 0 spiro atoms. The van der Waals surface area contributed by atoms with E-state index >= 15 is 0 Å². The van der Waals surface area contributed by atoms with Crippen molar-refractivity contribution in [2.75, 3.05) is 31.7 Å². The first-order valence-electron chi connectivity index (χ1n) is 9.22. The summed E-state index contributed by atoms with van der Waals surface area (Å²) in [5.41, 5.74) is 2.62. The Hall–Kier alpha value is -3.13. The number of ether oxygens (including phenoxy) is 1. The quantitative estimate of drug-likeness (QED) is 0.357. The second-order valence-corrected chi connectivity index (χ2v) is 9.00. The Morgan fingerprint density at radius 1 is 1.12 bits per heavy atom. The van der Waals surface area contributed by atoms with Gasteiger partial charge in [-0.2, -0.15) is 9.41 Å². The first-order valence-corrected chi connectivity index (χ1v) is 11.0. The van der Waals surface area contributed by atoms with Crippen LogP contribution in [0.2, 0.25) is 5.02 Å². The van der Waals surface area contributed by atoms with Crippen LogP contribution in [0.5, 0.6) is 0 Å². The molecule has 170 valence electrons. The minimum Gasteiger partial charge on any atom is -0.379 e. The van der Waals surface area contributed by atoms with Crippen molar-refractivity contribution in [1.82, 2.24) is 4.31 Å². The molecule has 1 aliphatic rings. The molecule has 1 aliphatic heterocycles. The zero-order chi connectivity index (χ0) is 23.5. The van der Waals surface area contributed by atoms with Crippen LogP contribution in [0.25, 0.3) is 0 Å². The number of nitrogens with zero attached hydrogens (tertiary/aromatic N) is 4. The van der Waals surface area contributed by atoms with E-state index in [4.69, 9.17) is 16.3 Å². The first-order chi connectivity index (χ1) is 15.1. The maximum atomic E-state index is 13.1. The maximum absolute atomic E-state index is 13.1. The van der Waals surface area contributed by atoms with Gasteiger partial charge in [0, 0.05) is 36.9 Å². The fourth-order valence-corrected chi connectivity index (χ4v) is 4.70. The zero-order valence-electron chi connectivity index (χ0n) is 16.7. The van der Waals surface area contributed by atoms with E-state index in [2.05, 4.69) is 10.5 Å². The van der Waals surface area contributed by atoms with Crippen molar-refractivity contribution < 1.29 is 23.0 Å². The largest absolute Gasteiger partial charge is 0.379 e. The second-order valence-electron chi connectivity index (χ2n) is 6.69. The summed E-state index contributed by atoms with van der Waals surface area (Å²) in [5, 5.41) is 26.4. The van der Waals surface area contributed by atoms with Crippen LogP contribution in [0.1, 0.15) is 12.5 Å². The lowest BCUT2D eigenvalue weighted by Crippen LogP contribution is -2.40. The Morgan fingerprint density at radius 2 is 1.81 bits per heavy atom. The van der Waals surface area contributed by atoms with Crippen LogP contribution in [-0.4, -0.2) is 54.6 Å². The predicted octanol–water partition coefficient (Wildman–Crippen LogP) is 3.01. The fourth-order valence-electron chi connectivity index (χ4n) is 2.94. The van der Waals surface area contributed by atoms with Gasteiger partial charge >= 0.3 is 0 Å². The van der Waals surface area contributed by atoms with Crippen LogP contribution >= 0.6 is 11.6 Å². The van der Waals surface area contributed by atoms with Gasteiger partial charge in [-0.05, 0) is 19.1 Å². The van der Waals surface area contributed by atoms with Crippen molar-refractivity contribution >= 4 is 44.4 Å². The molecule has 3 rings (SSSR count). The van der Waals surface area contributed by atoms with Crippen molar-refractivity contribution in [2.24, 2.45) is 5.10 Å². The number of benzene rings is 2. The number of hydrogen-bond donors (Lipinski definition) is 1. The van der Waals surface area contributed by atoms with Gasteiger partial charge < -0.3 is 4.74 Å². The minimum atomic E-state index is -4.07. The number of hydrazone groups is 1. The number of non-ortho nitro benzene ring substituents is 1. The summed E-state index contributed by atoms with van der Waals surface area (Å²) in [5.74, 6) is 0. The molecule has 0 bridgehead atoms. The first kappa shape index (κ1) is 23.5. The third kappa shape index (κ3) is 5.02. The van der Waals surface area contributed by atoms with Crippen molar-refractivity contribution in [3.05, 3.63) is 67.2 Å². The second kappa shape index (κ2) is 9.56. The molecule has 0 saturated carbocycles. The van der Waals surface area contributed by atoms with Gasteiger partial charge in [-0.3, -0.25) is 25.7 Å². The fraction of sp³-hybridized carbons (Fsp3) is 0.278. The third-order valence-corrected chi connectivity index (χ3v) is 6.93. The molecular formula is C18H18ClN5O7S. The molecule has 2 aromatic carbocycles. The number of rotatable bonds is 7. The van der Waals surface area contributed by atoms with Crippen LogP contribution in [0.15, 0.2) is 46.4 Å². The number of nitro groups is 2. The molecule has 0 atom stereocenters. The Bertz CT molecular complexity index is 1200. The molecule has 1 N–H and O–H groups in total. The van der Waals surface area contributed by atoms with Crippen molar-refractivity contribution in [2.45, 2.75) is 11.8 Å². The molecule has 32 heavy (non-hydrogen) atoms. The number of anilines is 1. The Morgan fingerprint density at radius 3 is 2.44 bits per heavy atom. The highest BCUT2D eigenvalue weighted by molar-refractivity contribution is 7.89. The molecule has 0 unspecified atom stereocenters. The Labute approximate surface area is 187 Å². The van der Waals surface area contributed by atoms with Gasteiger partial charge in [0.15, 0.2) is 0 Å². The summed E-state index contributed by atoms with van der Waals surface area (Å²) in [4.78, 5) is 20.7. The highest BCUT2D eigenvalue weighted by Crippen LogP contribution is 2.30. The molecular weight excluding hydrogens is 466 g/mol. The minimum absolute atomic E-state index is 0.0184. The average Bonchev–Trinajstić information content (AvgIpc) is 2.78. The molecule has 0 aliphatic carbocycles. The van der Waals surface area contributed by atoms with Crippen LogP contribution in [-0.2, 0) is 14.8 Å². The van der Waals surface area contributed by atoms with E-state index in [9.17, 15) is 28.6 Å². The summed E-state index contributed by atoms with van der Waals surface area (Å²) in [6.45, 7) is 2.21. The number of nitrogens with one attached hydrogen (secondary N) is 1. The van der Waals surface area contributed by atoms with Gasteiger partial charge in [-0.15, -0.1) is 0 Å². The van der Waals surface area contributed by atoms with Crippen LogP contribution in [0.4, 0.5) is 17.1 Å². The van der Waals surface area contributed by atoms with Crippen molar-refractivity contribution in [1.29, 1.82) is 0 Å². The summed E-state index contributed by atoms with van der Waals surface area (Å²) in [7, 11) is -4.07. The lowest BCUT2D eigenvalue weighted by molar-refractivity contribution is -0.385. The molecule has 14 heteroatoms. The number of halogens is 1. The average molecular weight is 484 g/mol. The molecule has 1 saturated heterocycles. The van der Waals surface area contributed by atoms with E-state index in [1.807, 2.05) is 0 Å². The lowest BCUT2D eigenvalue weighted by Gasteiger charge is -2.26. The van der Waals surface area contributed by atoms with Crippen LogP contribution in [0, 0.1) is 20.2 Å². The molecule has 0 amide bonds. The molecule has 12 nitrogen and oxygen atoms in total. The van der Waals surface area contributed by atoms with Gasteiger partial charge in [0.05, 0.1) is 34.5 Å². The molecule has 1 fully saturated rings. The summed E-state index contributed by atoms with van der Waals surface area (Å²) >= 11 is 5.82. The van der Waals surface area contributed by atoms with E-state index in [-0.39, 0.29) is 47.6 Å². The number of sulfonamides is 1. The molecule has 1 heterocycles. The van der Waals surface area contributed by atoms with Gasteiger partial charge in [-0.1, -0.05) is 17.7 Å². The SMILES string of the molecule is C/C(=N\Nc1ccc([N+](=O)[O-])cc1S(=O)(=O)N1CCOCC1)c1ccc(Cl)c([N+](=O)[O-])c1. The van der Waals surface area contributed by atoms with Gasteiger partial charge in [0.2, 0.25) is 10.0 Å². The normalized spacial score (nSPS) is 15.4. The Balaban J connectivity index is 1.98. The zero-order valence-corrected chi connectivity index (χ0v) is 18.3. The van der Waals surface area contributed by atoms with E-state index in [0.29, 0.717) is 11.3 Å². The van der Waals surface area contributed by atoms with Gasteiger partial charge in [0.25, 0.3) is 11.4 Å². The van der Waals surface area contributed by atoms with E-state index in [1.54, 1.807) is 6.92 Å². The highest BCUT2D eigenvalue weighted by atomic mass is 35.5. The standard InChI is InChI=1S/C18H18ClN5O7S/c1-12(13-2-4-15(19)17(10-13)24(27)28)20-21-16-5-3-14(23(25)26)11-18(16)32(29,30)22-6-8-31-9-7-22/h2-5,10-11,21H,6-9H2,1H3/b20-12+. The summed E-state index contributed by atoms with van der Waals surface area (Å²) < 4.78 is 32.6. The maximum Gasteiger partial charge on any atom is 0.288 e. The topological polar surface area (TPSA) is 157 Å². The van der Waals surface area contributed by atoms with Crippen LogP contribution < -0.4 is 5.43 Å². The van der Waals surface area contributed by atoms with Gasteiger partial charge in [0.1, 0.15) is 9.92 Å². The lowest BCUT2D eigenvalue weighted by atomic mass is 10.1. The number of morpholine rings is 1.